The maximum absolute atomic E-state index is 12.5. The molecule has 0 spiro atoms. The lowest BCUT2D eigenvalue weighted by Gasteiger charge is -2.39. The van der Waals surface area contributed by atoms with E-state index in [0.717, 1.165) is 44.9 Å². The maximum Gasteiger partial charge on any atom is 0.306 e. The number of carbonyl (C=O) groups excluding carboxylic acids is 2. The Morgan fingerprint density at radius 1 is 0.659 bits per heavy atom. The summed E-state index contributed by atoms with van der Waals surface area (Å²) < 4.78 is 21.8. The summed E-state index contributed by atoms with van der Waals surface area (Å²) in [4.78, 5) is 24.7. The van der Waals surface area contributed by atoms with Crippen LogP contribution in [0.2, 0.25) is 0 Å². The maximum atomic E-state index is 12.5. The lowest BCUT2D eigenvalue weighted by molar-refractivity contribution is -0.305. The van der Waals surface area contributed by atoms with Crippen LogP contribution in [0.15, 0.2) is 0 Å². The van der Waals surface area contributed by atoms with Crippen LogP contribution >= 0.6 is 0 Å². The summed E-state index contributed by atoms with van der Waals surface area (Å²) in [6.45, 7) is 3.25. The zero-order valence-electron chi connectivity index (χ0n) is 25.6. The quantitative estimate of drug-likeness (QED) is 0.0893. The van der Waals surface area contributed by atoms with Crippen molar-refractivity contribution in [2.45, 2.75) is 166 Å². The SMILES string of the molecule is CCCCCCCCCCCCCCC(=O)OC(COC(=O)CCCCCC)COC1OC(CO)C(O)C(O)C1O. The first-order valence-electron chi connectivity index (χ1n) is 16.1. The van der Waals surface area contributed by atoms with Crippen molar-refractivity contribution in [3.05, 3.63) is 0 Å². The topological polar surface area (TPSA) is 152 Å². The van der Waals surface area contributed by atoms with E-state index in [4.69, 9.17) is 18.9 Å². The third-order valence-corrected chi connectivity index (χ3v) is 7.49. The number of rotatable bonds is 25. The standard InChI is InChI=1S/C31H58O10/c1-3-5-7-9-10-11-12-13-14-15-16-18-20-27(34)40-24(22-38-26(33)19-17-8-6-4-2)23-39-31-30(37)29(36)28(35)25(21-32)41-31/h24-25,28-32,35-37H,3-23H2,1-2H3. The summed E-state index contributed by atoms with van der Waals surface area (Å²) >= 11 is 0. The first-order valence-corrected chi connectivity index (χ1v) is 16.1. The Morgan fingerprint density at radius 3 is 1.68 bits per heavy atom. The van der Waals surface area contributed by atoms with Gasteiger partial charge in [-0.3, -0.25) is 9.59 Å². The van der Waals surface area contributed by atoms with Crippen LogP contribution in [0.1, 0.15) is 129 Å². The molecule has 10 heteroatoms. The zero-order chi connectivity index (χ0) is 30.3. The fourth-order valence-electron chi connectivity index (χ4n) is 4.83. The molecular weight excluding hydrogens is 532 g/mol. The first-order chi connectivity index (χ1) is 19.8. The van der Waals surface area contributed by atoms with Crippen molar-refractivity contribution in [1.29, 1.82) is 0 Å². The summed E-state index contributed by atoms with van der Waals surface area (Å²) in [5, 5.41) is 39.5. The second-order valence-electron chi connectivity index (χ2n) is 11.3. The number of aliphatic hydroxyl groups excluding tert-OH is 4. The number of ether oxygens (including phenoxy) is 4. The zero-order valence-corrected chi connectivity index (χ0v) is 25.6. The van der Waals surface area contributed by atoms with Crippen LogP contribution in [0.25, 0.3) is 0 Å². The molecule has 1 saturated heterocycles. The number of esters is 2. The number of unbranched alkanes of at least 4 members (excludes halogenated alkanes) is 14. The Balaban J connectivity index is 2.42. The van der Waals surface area contributed by atoms with Crippen molar-refractivity contribution in [2.24, 2.45) is 0 Å². The Kier molecular flexibility index (Phi) is 22.2. The van der Waals surface area contributed by atoms with Crippen LogP contribution in [0, 0.1) is 0 Å². The Morgan fingerprint density at radius 2 is 1.15 bits per heavy atom. The van der Waals surface area contributed by atoms with Gasteiger partial charge in [-0.15, -0.1) is 0 Å². The molecule has 1 aliphatic rings. The van der Waals surface area contributed by atoms with E-state index < -0.39 is 55.4 Å². The fraction of sp³-hybridized carbons (Fsp3) is 0.935. The van der Waals surface area contributed by atoms with Crippen molar-refractivity contribution in [3.8, 4) is 0 Å². The van der Waals surface area contributed by atoms with Gasteiger partial charge in [0.25, 0.3) is 0 Å². The van der Waals surface area contributed by atoms with E-state index in [9.17, 15) is 30.0 Å². The molecule has 0 amide bonds. The molecule has 6 atom stereocenters. The molecule has 0 aromatic carbocycles. The predicted octanol–water partition coefficient (Wildman–Crippen LogP) is 4.32. The average Bonchev–Trinajstić information content (AvgIpc) is 2.96. The third-order valence-electron chi connectivity index (χ3n) is 7.49. The van der Waals surface area contributed by atoms with Crippen molar-refractivity contribution in [1.82, 2.24) is 0 Å². The van der Waals surface area contributed by atoms with Crippen molar-refractivity contribution in [2.75, 3.05) is 19.8 Å². The Bertz CT molecular complexity index is 659. The highest BCUT2D eigenvalue weighted by Gasteiger charge is 2.44. The molecule has 0 aliphatic carbocycles. The normalized spacial score (nSPS) is 23.3. The summed E-state index contributed by atoms with van der Waals surface area (Å²) in [6, 6.07) is 0. The molecule has 0 saturated carbocycles. The van der Waals surface area contributed by atoms with Gasteiger partial charge < -0.3 is 39.4 Å². The van der Waals surface area contributed by atoms with Crippen molar-refractivity contribution < 1.29 is 49.0 Å². The number of hydrogen-bond donors (Lipinski definition) is 4. The minimum absolute atomic E-state index is 0.214. The van der Waals surface area contributed by atoms with E-state index in [2.05, 4.69) is 13.8 Å². The largest absolute Gasteiger partial charge is 0.462 e. The molecule has 0 radical (unpaired) electrons. The smallest absolute Gasteiger partial charge is 0.306 e. The van der Waals surface area contributed by atoms with E-state index in [1.807, 2.05) is 0 Å². The third kappa shape index (κ3) is 17.4. The van der Waals surface area contributed by atoms with Crippen LogP contribution in [-0.4, -0.2) is 89.0 Å². The van der Waals surface area contributed by atoms with E-state index in [-0.39, 0.29) is 26.1 Å². The molecule has 6 unspecified atom stereocenters. The molecule has 1 aliphatic heterocycles. The van der Waals surface area contributed by atoms with E-state index in [1.165, 1.54) is 51.4 Å². The van der Waals surface area contributed by atoms with Crippen LogP contribution in [-0.2, 0) is 28.5 Å². The predicted molar refractivity (Wildman–Crippen MR) is 155 cm³/mol. The lowest BCUT2D eigenvalue weighted by Crippen LogP contribution is -2.59. The van der Waals surface area contributed by atoms with Gasteiger partial charge in [0.15, 0.2) is 12.4 Å². The summed E-state index contributed by atoms with van der Waals surface area (Å²) in [5.41, 5.74) is 0. The highest BCUT2D eigenvalue weighted by molar-refractivity contribution is 5.70. The molecule has 0 aromatic rings. The van der Waals surface area contributed by atoms with Crippen LogP contribution in [0.4, 0.5) is 0 Å². The number of carbonyl (C=O) groups is 2. The minimum Gasteiger partial charge on any atom is -0.462 e. The molecule has 242 valence electrons. The minimum atomic E-state index is -1.58. The van der Waals surface area contributed by atoms with Gasteiger partial charge >= 0.3 is 11.9 Å². The molecule has 0 bridgehead atoms. The second-order valence-corrected chi connectivity index (χ2v) is 11.3. The van der Waals surface area contributed by atoms with Gasteiger partial charge in [-0.25, -0.2) is 0 Å². The summed E-state index contributed by atoms with van der Waals surface area (Å²) in [7, 11) is 0. The molecule has 1 rings (SSSR count). The second kappa shape index (κ2) is 24.2. The van der Waals surface area contributed by atoms with Crippen LogP contribution in [0.5, 0.6) is 0 Å². The van der Waals surface area contributed by atoms with Crippen molar-refractivity contribution >= 4 is 11.9 Å². The van der Waals surface area contributed by atoms with Gasteiger partial charge in [-0.2, -0.15) is 0 Å². The highest BCUT2D eigenvalue weighted by atomic mass is 16.7. The molecule has 1 fully saturated rings. The monoisotopic (exact) mass is 590 g/mol. The lowest BCUT2D eigenvalue weighted by atomic mass is 9.99. The average molecular weight is 591 g/mol. The van der Waals surface area contributed by atoms with Crippen LogP contribution in [0.3, 0.4) is 0 Å². The van der Waals surface area contributed by atoms with Gasteiger partial charge in [0, 0.05) is 12.8 Å². The molecular formula is C31H58O10. The Hall–Kier alpha value is -1.30. The van der Waals surface area contributed by atoms with Gasteiger partial charge in [-0.1, -0.05) is 104 Å². The van der Waals surface area contributed by atoms with Gasteiger partial charge in [-0.05, 0) is 12.8 Å². The molecule has 4 N–H and O–H groups in total. The molecule has 41 heavy (non-hydrogen) atoms. The molecule has 10 nitrogen and oxygen atoms in total. The van der Waals surface area contributed by atoms with Crippen molar-refractivity contribution in [3.63, 3.8) is 0 Å². The van der Waals surface area contributed by atoms with Gasteiger partial charge in [0.1, 0.15) is 31.0 Å². The fourth-order valence-corrected chi connectivity index (χ4v) is 4.83. The van der Waals surface area contributed by atoms with Crippen LogP contribution < -0.4 is 0 Å². The van der Waals surface area contributed by atoms with Gasteiger partial charge in [0.2, 0.25) is 0 Å². The molecule has 0 aromatic heterocycles. The number of hydrogen-bond acceptors (Lipinski definition) is 10. The molecule has 1 heterocycles. The highest BCUT2D eigenvalue weighted by Crippen LogP contribution is 2.22. The van der Waals surface area contributed by atoms with E-state index in [0.29, 0.717) is 6.42 Å². The van der Waals surface area contributed by atoms with Gasteiger partial charge in [0.05, 0.1) is 13.2 Å². The summed E-state index contributed by atoms with van der Waals surface area (Å²) in [6.07, 6.45) is 10.4. The summed E-state index contributed by atoms with van der Waals surface area (Å²) in [5.74, 6) is -0.825. The van der Waals surface area contributed by atoms with E-state index in [1.54, 1.807) is 0 Å². The Labute approximate surface area is 247 Å². The first kappa shape index (κ1) is 37.7. The van der Waals surface area contributed by atoms with E-state index >= 15 is 0 Å². The number of aliphatic hydroxyl groups is 4.